The Hall–Kier alpha value is -2.33. The van der Waals surface area contributed by atoms with Crippen LogP contribution in [0.15, 0.2) is 24.3 Å². The first-order valence-corrected chi connectivity index (χ1v) is 12.5. The van der Waals surface area contributed by atoms with Gasteiger partial charge in [0, 0.05) is 39.3 Å². The topological polar surface area (TPSA) is 96.5 Å². The van der Waals surface area contributed by atoms with Crippen LogP contribution in [0.25, 0.3) is 0 Å². The molecule has 0 N–H and O–H groups in total. The molecule has 0 radical (unpaired) electrons. The number of nitrogens with zero attached hydrogens (tertiary/aromatic N) is 3. The second kappa shape index (κ2) is 8.66. The van der Waals surface area contributed by atoms with E-state index in [0.717, 1.165) is 0 Å². The van der Waals surface area contributed by atoms with Gasteiger partial charge < -0.3 is 19.3 Å². The molecule has 4 rings (SSSR count). The lowest BCUT2D eigenvalue weighted by molar-refractivity contribution is -0.144. The molecule has 0 bridgehead atoms. The summed E-state index contributed by atoms with van der Waals surface area (Å²) < 4.78 is 34.9. The van der Waals surface area contributed by atoms with E-state index in [1.807, 2.05) is 30.0 Å². The van der Waals surface area contributed by atoms with Crippen LogP contribution in [0.5, 0.6) is 11.5 Å². The van der Waals surface area contributed by atoms with Gasteiger partial charge in [0.05, 0.1) is 17.5 Å². The zero-order chi connectivity index (χ0) is 22.2. The molecule has 3 aliphatic heterocycles. The zero-order valence-corrected chi connectivity index (χ0v) is 18.7. The molecule has 0 saturated carbocycles. The van der Waals surface area contributed by atoms with Crippen molar-refractivity contribution in [3.63, 3.8) is 0 Å². The van der Waals surface area contributed by atoms with Gasteiger partial charge in [-0.2, -0.15) is 0 Å². The molecule has 1 aromatic carbocycles. The predicted octanol–water partition coefficient (Wildman–Crippen LogP) is 0.00460. The average Bonchev–Trinajstić information content (AvgIpc) is 3.16. The molecular formula is C21H29N3O6S. The number of likely N-dealkylation sites (N-methyl/N-ethyl adjacent to an activating group) is 1. The third-order valence-electron chi connectivity index (χ3n) is 6.42. The molecule has 0 unspecified atom stereocenters. The molecule has 2 amide bonds. The lowest BCUT2D eigenvalue weighted by Gasteiger charge is -2.40. The quantitative estimate of drug-likeness (QED) is 0.636. The molecule has 9 nitrogen and oxygen atoms in total. The molecule has 3 heterocycles. The SMILES string of the molecule is C[C@H](C(=O)N(C)[C@H]1CCS(=O)(=O)C1)N1CCN(C(=O)[C@@H]2COc3ccccc3O2)CC1. The fourth-order valence-corrected chi connectivity index (χ4v) is 6.16. The number of piperazine rings is 1. The van der Waals surface area contributed by atoms with Gasteiger partial charge in [-0.05, 0) is 25.5 Å². The molecule has 2 fully saturated rings. The van der Waals surface area contributed by atoms with E-state index in [9.17, 15) is 18.0 Å². The zero-order valence-electron chi connectivity index (χ0n) is 17.9. The Morgan fingerprint density at radius 1 is 1.13 bits per heavy atom. The Kier molecular flexibility index (Phi) is 6.11. The average molecular weight is 452 g/mol. The van der Waals surface area contributed by atoms with Gasteiger partial charge in [0.1, 0.15) is 6.61 Å². The Morgan fingerprint density at radius 2 is 1.81 bits per heavy atom. The van der Waals surface area contributed by atoms with Crippen molar-refractivity contribution in [1.82, 2.24) is 14.7 Å². The largest absolute Gasteiger partial charge is 0.485 e. The normalized spacial score (nSPS) is 26.3. The first-order valence-electron chi connectivity index (χ1n) is 10.6. The third kappa shape index (κ3) is 4.64. The molecular weight excluding hydrogens is 422 g/mol. The molecule has 0 aliphatic carbocycles. The lowest BCUT2D eigenvalue weighted by Crippen LogP contribution is -2.58. The summed E-state index contributed by atoms with van der Waals surface area (Å²) in [7, 11) is -1.36. The highest BCUT2D eigenvalue weighted by atomic mass is 32.2. The maximum Gasteiger partial charge on any atom is 0.267 e. The molecule has 170 valence electrons. The van der Waals surface area contributed by atoms with Crippen molar-refractivity contribution in [2.45, 2.75) is 31.5 Å². The van der Waals surface area contributed by atoms with Gasteiger partial charge in [-0.15, -0.1) is 0 Å². The smallest absolute Gasteiger partial charge is 0.267 e. The van der Waals surface area contributed by atoms with Crippen LogP contribution in [0.1, 0.15) is 13.3 Å². The number of rotatable bonds is 4. The molecule has 10 heteroatoms. The summed E-state index contributed by atoms with van der Waals surface area (Å²) in [5, 5.41) is 0. The Bertz CT molecular complexity index is 944. The first-order chi connectivity index (χ1) is 14.7. The molecule has 0 spiro atoms. The molecule has 2 saturated heterocycles. The highest BCUT2D eigenvalue weighted by molar-refractivity contribution is 7.91. The minimum Gasteiger partial charge on any atom is -0.485 e. The molecule has 3 atom stereocenters. The van der Waals surface area contributed by atoms with Gasteiger partial charge in [0.2, 0.25) is 12.0 Å². The number of sulfone groups is 1. The van der Waals surface area contributed by atoms with Crippen LogP contribution in [0.4, 0.5) is 0 Å². The lowest BCUT2D eigenvalue weighted by atomic mass is 10.1. The van der Waals surface area contributed by atoms with Crippen molar-refractivity contribution >= 4 is 21.7 Å². The van der Waals surface area contributed by atoms with Gasteiger partial charge in [-0.1, -0.05) is 12.1 Å². The van der Waals surface area contributed by atoms with Crippen LogP contribution in [0.3, 0.4) is 0 Å². The van der Waals surface area contributed by atoms with E-state index in [-0.39, 0.29) is 42.0 Å². The number of carbonyl (C=O) groups is 2. The number of ether oxygens (including phenoxy) is 2. The highest BCUT2D eigenvalue weighted by Crippen LogP contribution is 2.31. The number of para-hydroxylation sites is 2. The minimum absolute atomic E-state index is 0.0385. The number of fused-ring (bicyclic) bond motifs is 1. The van der Waals surface area contributed by atoms with E-state index < -0.39 is 15.9 Å². The fraction of sp³-hybridized carbons (Fsp3) is 0.619. The monoisotopic (exact) mass is 451 g/mol. The van der Waals surface area contributed by atoms with Crippen LogP contribution in [-0.2, 0) is 19.4 Å². The Balaban J connectivity index is 1.29. The summed E-state index contributed by atoms with van der Waals surface area (Å²) in [6.45, 7) is 4.16. The molecule has 1 aromatic rings. The van der Waals surface area contributed by atoms with Gasteiger partial charge >= 0.3 is 0 Å². The van der Waals surface area contributed by atoms with Crippen molar-refractivity contribution in [3.05, 3.63) is 24.3 Å². The standard InChI is InChI=1S/C21H29N3O6S/c1-15(20(25)22(2)16-7-12-31(27,28)14-16)23-8-10-24(11-9-23)21(26)19-13-29-17-5-3-4-6-18(17)30-19/h3-6,15-16,19H,7-14H2,1-2H3/t15-,16+,19+/m1/s1. The maximum absolute atomic E-state index is 12.9. The van der Waals surface area contributed by atoms with E-state index >= 15 is 0 Å². The van der Waals surface area contributed by atoms with E-state index in [2.05, 4.69) is 0 Å². The van der Waals surface area contributed by atoms with Crippen molar-refractivity contribution < 1.29 is 27.5 Å². The van der Waals surface area contributed by atoms with E-state index in [1.54, 1.807) is 22.9 Å². The van der Waals surface area contributed by atoms with E-state index in [1.165, 1.54) is 0 Å². The highest BCUT2D eigenvalue weighted by Gasteiger charge is 2.37. The van der Waals surface area contributed by atoms with Crippen LogP contribution in [0.2, 0.25) is 0 Å². The second-order valence-electron chi connectivity index (χ2n) is 8.41. The second-order valence-corrected chi connectivity index (χ2v) is 10.6. The number of amides is 2. The van der Waals surface area contributed by atoms with Crippen LogP contribution in [0, 0.1) is 0 Å². The number of hydrogen-bond acceptors (Lipinski definition) is 7. The Labute approximate surface area is 182 Å². The number of benzene rings is 1. The summed E-state index contributed by atoms with van der Waals surface area (Å²) in [6.07, 6.45) is -0.178. The summed E-state index contributed by atoms with van der Waals surface area (Å²) in [6, 6.07) is 6.66. The Morgan fingerprint density at radius 3 is 2.45 bits per heavy atom. The predicted molar refractivity (Wildman–Crippen MR) is 114 cm³/mol. The summed E-state index contributed by atoms with van der Waals surface area (Å²) in [5.41, 5.74) is 0. The van der Waals surface area contributed by atoms with E-state index in [4.69, 9.17) is 9.47 Å². The van der Waals surface area contributed by atoms with Crippen LogP contribution in [-0.4, -0.2) is 104 Å². The third-order valence-corrected chi connectivity index (χ3v) is 8.17. The van der Waals surface area contributed by atoms with Crippen molar-refractivity contribution in [1.29, 1.82) is 0 Å². The van der Waals surface area contributed by atoms with Gasteiger partial charge in [0.25, 0.3) is 5.91 Å². The first kappa shape index (κ1) is 21.9. The van der Waals surface area contributed by atoms with Crippen molar-refractivity contribution in [3.8, 4) is 11.5 Å². The summed E-state index contributed by atoms with van der Waals surface area (Å²) in [4.78, 5) is 31.2. The molecule has 31 heavy (non-hydrogen) atoms. The van der Waals surface area contributed by atoms with Gasteiger partial charge in [0.15, 0.2) is 21.3 Å². The summed E-state index contributed by atoms with van der Waals surface area (Å²) >= 11 is 0. The minimum atomic E-state index is -3.04. The fourth-order valence-electron chi connectivity index (χ4n) is 4.39. The van der Waals surface area contributed by atoms with Crippen LogP contribution < -0.4 is 9.47 Å². The molecule has 0 aromatic heterocycles. The maximum atomic E-state index is 12.9. The van der Waals surface area contributed by atoms with Crippen molar-refractivity contribution in [2.75, 3.05) is 51.3 Å². The van der Waals surface area contributed by atoms with Crippen molar-refractivity contribution in [2.24, 2.45) is 0 Å². The molecule has 3 aliphatic rings. The van der Waals surface area contributed by atoms with Gasteiger partial charge in [-0.25, -0.2) is 8.42 Å². The number of hydrogen-bond donors (Lipinski definition) is 0. The van der Waals surface area contributed by atoms with E-state index in [0.29, 0.717) is 44.1 Å². The van der Waals surface area contributed by atoms with Gasteiger partial charge in [-0.3, -0.25) is 14.5 Å². The summed E-state index contributed by atoms with van der Waals surface area (Å²) in [5.74, 6) is 1.20. The van der Waals surface area contributed by atoms with Crippen LogP contribution >= 0.6 is 0 Å². The number of carbonyl (C=O) groups excluding carboxylic acids is 2.